The van der Waals surface area contributed by atoms with E-state index in [-0.39, 0.29) is 17.4 Å². The first-order valence-corrected chi connectivity index (χ1v) is 8.35. The van der Waals surface area contributed by atoms with E-state index in [4.69, 9.17) is 0 Å². The van der Waals surface area contributed by atoms with Crippen LogP contribution in [0.4, 0.5) is 10.1 Å². The highest BCUT2D eigenvalue weighted by molar-refractivity contribution is 5.20. The van der Waals surface area contributed by atoms with Crippen LogP contribution < -0.4 is 0 Å². The van der Waals surface area contributed by atoms with Crippen LogP contribution in [0.3, 0.4) is 0 Å². The lowest BCUT2D eigenvalue weighted by atomic mass is 9.87. The topological polar surface area (TPSA) is 84.4 Å². The van der Waals surface area contributed by atoms with Gasteiger partial charge in [0.1, 0.15) is 18.2 Å². The van der Waals surface area contributed by atoms with Crippen LogP contribution in [0.25, 0.3) is 0 Å². The van der Waals surface area contributed by atoms with E-state index >= 15 is 0 Å². The summed E-state index contributed by atoms with van der Waals surface area (Å²) in [4.78, 5) is 12.5. The Balaban J connectivity index is 1.46. The fourth-order valence-corrected chi connectivity index (χ4v) is 3.24. The molecule has 0 aliphatic carbocycles. The summed E-state index contributed by atoms with van der Waals surface area (Å²) in [6.45, 7) is 3.07. The Kier molecular flexibility index (Phi) is 5.40. The first kappa shape index (κ1) is 17.5. The van der Waals surface area contributed by atoms with Crippen LogP contribution in [0, 0.1) is 21.8 Å². The Morgan fingerprint density at radius 2 is 1.96 bits per heavy atom. The highest BCUT2D eigenvalue weighted by Gasteiger charge is 2.26. The maximum Gasteiger partial charge on any atom is 0.306 e. The van der Waals surface area contributed by atoms with Gasteiger partial charge in [-0.05, 0) is 49.5 Å². The zero-order valence-electron chi connectivity index (χ0n) is 13.8. The molecule has 3 rings (SSSR count). The minimum atomic E-state index is -0.573. The van der Waals surface area contributed by atoms with Gasteiger partial charge in [-0.2, -0.15) is 5.10 Å². The second kappa shape index (κ2) is 7.71. The molecule has 0 saturated carbocycles. The van der Waals surface area contributed by atoms with Gasteiger partial charge < -0.3 is 10.0 Å². The molecule has 1 N–H and O–H groups in total. The van der Waals surface area contributed by atoms with Crippen molar-refractivity contribution in [3.8, 4) is 0 Å². The van der Waals surface area contributed by atoms with Gasteiger partial charge in [-0.15, -0.1) is 0 Å². The molecule has 1 aliphatic rings. The number of likely N-dealkylation sites (tertiary alicyclic amines) is 1. The second-order valence-corrected chi connectivity index (χ2v) is 6.39. The number of nitro groups is 1. The van der Waals surface area contributed by atoms with Crippen LogP contribution >= 0.6 is 0 Å². The van der Waals surface area contributed by atoms with E-state index < -0.39 is 11.0 Å². The van der Waals surface area contributed by atoms with Crippen LogP contribution in [-0.4, -0.2) is 44.3 Å². The number of benzene rings is 1. The Morgan fingerprint density at radius 1 is 1.28 bits per heavy atom. The molecule has 0 amide bonds. The van der Waals surface area contributed by atoms with Gasteiger partial charge in [0.2, 0.25) is 0 Å². The van der Waals surface area contributed by atoms with E-state index in [9.17, 15) is 19.6 Å². The molecule has 1 atom stereocenters. The van der Waals surface area contributed by atoms with Crippen molar-refractivity contribution in [1.29, 1.82) is 0 Å². The Hall–Kier alpha value is -2.32. The number of aliphatic hydroxyl groups excluding tert-OH is 1. The number of hydrogen-bond donors (Lipinski definition) is 1. The average molecular weight is 348 g/mol. The molecular formula is C17H21FN4O3. The standard InChI is InChI=1S/C17H21FN4O3/c18-15-3-1-13(2-4-15)17(23)14-5-7-20(8-6-14)9-10-21-12-16(11-19-21)22(24)25/h1-4,11-12,14,17,23H,5-10H2. The zero-order chi connectivity index (χ0) is 17.8. The first-order chi connectivity index (χ1) is 12.0. The van der Waals surface area contributed by atoms with Gasteiger partial charge in [0, 0.05) is 6.54 Å². The van der Waals surface area contributed by atoms with Crippen molar-refractivity contribution in [2.45, 2.75) is 25.5 Å². The lowest BCUT2D eigenvalue weighted by Gasteiger charge is -2.34. The third-order valence-corrected chi connectivity index (χ3v) is 4.77. The fraction of sp³-hybridized carbons (Fsp3) is 0.471. The molecule has 0 spiro atoms. The third kappa shape index (κ3) is 4.40. The van der Waals surface area contributed by atoms with Crippen molar-refractivity contribution in [2.75, 3.05) is 19.6 Å². The average Bonchev–Trinajstić information content (AvgIpc) is 3.10. The molecule has 8 heteroatoms. The molecule has 2 heterocycles. The minimum Gasteiger partial charge on any atom is -0.388 e. The van der Waals surface area contributed by atoms with Gasteiger partial charge in [-0.3, -0.25) is 14.8 Å². The summed E-state index contributed by atoms with van der Waals surface area (Å²) in [6, 6.07) is 6.02. The molecular weight excluding hydrogens is 327 g/mol. The number of nitrogens with zero attached hydrogens (tertiary/aromatic N) is 4. The van der Waals surface area contributed by atoms with Gasteiger partial charge >= 0.3 is 5.69 Å². The summed E-state index contributed by atoms with van der Waals surface area (Å²) in [6.07, 6.45) is 3.84. The molecule has 1 fully saturated rings. The molecule has 0 bridgehead atoms. The maximum atomic E-state index is 13.0. The molecule has 1 saturated heterocycles. The molecule has 7 nitrogen and oxygen atoms in total. The van der Waals surface area contributed by atoms with Crippen LogP contribution in [0.1, 0.15) is 24.5 Å². The fourth-order valence-electron chi connectivity index (χ4n) is 3.24. The summed E-state index contributed by atoms with van der Waals surface area (Å²) >= 11 is 0. The molecule has 1 aliphatic heterocycles. The van der Waals surface area contributed by atoms with Crippen LogP contribution in [0.2, 0.25) is 0 Å². The highest BCUT2D eigenvalue weighted by atomic mass is 19.1. The quantitative estimate of drug-likeness (QED) is 0.640. The molecule has 2 aromatic rings. The SMILES string of the molecule is O=[N+]([O-])c1cnn(CCN2CCC(C(O)c3ccc(F)cc3)CC2)c1. The summed E-state index contributed by atoms with van der Waals surface area (Å²) in [7, 11) is 0. The van der Waals surface area contributed by atoms with E-state index in [0.29, 0.717) is 6.54 Å². The summed E-state index contributed by atoms with van der Waals surface area (Å²) in [5, 5.41) is 25.1. The smallest absolute Gasteiger partial charge is 0.306 e. The number of hydrogen-bond acceptors (Lipinski definition) is 5. The van der Waals surface area contributed by atoms with Gasteiger partial charge in [0.15, 0.2) is 0 Å². The van der Waals surface area contributed by atoms with Crippen molar-refractivity contribution < 1.29 is 14.4 Å². The molecule has 1 unspecified atom stereocenters. The molecule has 0 radical (unpaired) electrons. The van der Waals surface area contributed by atoms with Gasteiger partial charge in [-0.1, -0.05) is 12.1 Å². The predicted molar refractivity (Wildman–Crippen MR) is 89.4 cm³/mol. The van der Waals surface area contributed by atoms with Crippen molar-refractivity contribution in [2.24, 2.45) is 5.92 Å². The third-order valence-electron chi connectivity index (χ3n) is 4.77. The van der Waals surface area contributed by atoms with Crippen LogP contribution in [-0.2, 0) is 6.54 Å². The number of halogens is 1. The highest BCUT2D eigenvalue weighted by Crippen LogP contribution is 2.30. The van der Waals surface area contributed by atoms with Gasteiger partial charge in [0.25, 0.3) is 0 Å². The number of rotatable bonds is 6. The van der Waals surface area contributed by atoms with Gasteiger partial charge in [-0.25, -0.2) is 4.39 Å². The van der Waals surface area contributed by atoms with Crippen LogP contribution in [0.5, 0.6) is 0 Å². The molecule has 25 heavy (non-hydrogen) atoms. The van der Waals surface area contributed by atoms with E-state index in [1.165, 1.54) is 24.5 Å². The largest absolute Gasteiger partial charge is 0.388 e. The Bertz CT molecular complexity index is 711. The second-order valence-electron chi connectivity index (χ2n) is 6.39. The van der Waals surface area contributed by atoms with Crippen molar-refractivity contribution >= 4 is 5.69 Å². The summed E-state index contributed by atoms with van der Waals surface area (Å²) in [5.74, 6) is -0.142. The van der Waals surface area contributed by atoms with Gasteiger partial charge in [0.05, 0.1) is 17.6 Å². The number of aliphatic hydroxyl groups is 1. The lowest BCUT2D eigenvalue weighted by molar-refractivity contribution is -0.385. The predicted octanol–water partition coefficient (Wildman–Crippen LogP) is 2.38. The minimum absolute atomic E-state index is 0.00104. The number of aromatic nitrogens is 2. The molecule has 1 aromatic heterocycles. The first-order valence-electron chi connectivity index (χ1n) is 8.35. The maximum absolute atomic E-state index is 13.0. The Labute approximate surface area is 144 Å². The summed E-state index contributed by atoms with van der Waals surface area (Å²) in [5.41, 5.74) is 0.754. The van der Waals surface area contributed by atoms with E-state index in [2.05, 4.69) is 10.00 Å². The molecule has 1 aromatic carbocycles. The van der Waals surface area contributed by atoms with Crippen molar-refractivity contribution in [1.82, 2.24) is 14.7 Å². The Morgan fingerprint density at radius 3 is 2.56 bits per heavy atom. The molecule has 134 valence electrons. The van der Waals surface area contributed by atoms with E-state index in [0.717, 1.165) is 38.0 Å². The van der Waals surface area contributed by atoms with Crippen LogP contribution in [0.15, 0.2) is 36.7 Å². The number of piperidine rings is 1. The summed E-state index contributed by atoms with van der Waals surface area (Å²) < 4.78 is 14.6. The van der Waals surface area contributed by atoms with Crippen molar-refractivity contribution in [3.05, 3.63) is 58.2 Å². The normalized spacial score (nSPS) is 17.5. The lowest BCUT2D eigenvalue weighted by Crippen LogP contribution is -2.37. The zero-order valence-corrected chi connectivity index (χ0v) is 13.8. The van der Waals surface area contributed by atoms with Crippen molar-refractivity contribution in [3.63, 3.8) is 0 Å². The monoisotopic (exact) mass is 348 g/mol. The van der Waals surface area contributed by atoms with E-state index in [1.807, 2.05) is 0 Å². The van der Waals surface area contributed by atoms with E-state index in [1.54, 1.807) is 16.8 Å².